The summed E-state index contributed by atoms with van der Waals surface area (Å²) in [5, 5.41) is 0. The summed E-state index contributed by atoms with van der Waals surface area (Å²) < 4.78 is 6.28. The van der Waals surface area contributed by atoms with Crippen LogP contribution >= 0.6 is 15.9 Å². The molecule has 0 aliphatic heterocycles. The van der Waals surface area contributed by atoms with Crippen LogP contribution in [0.25, 0.3) is 0 Å². The molecular formula is C13H13BrO2. The SMILES string of the molecule is O=C1CCCC(OCc2ccccc2)=C1Br. The third-order valence-electron chi connectivity index (χ3n) is 2.55. The number of ketones is 1. The minimum absolute atomic E-state index is 0.148. The lowest BCUT2D eigenvalue weighted by atomic mass is 10.1. The van der Waals surface area contributed by atoms with Crippen LogP contribution in [0.1, 0.15) is 24.8 Å². The van der Waals surface area contributed by atoms with Crippen LogP contribution < -0.4 is 0 Å². The summed E-state index contributed by atoms with van der Waals surface area (Å²) in [7, 11) is 0. The lowest BCUT2D eigenvalue weighted by Crippen LogP contribution is -2.09. The van der Waals surface area contributed by atoms with Crippen LogP contribution in [0.3, 0.4) is 0 Å². The van der Waals surface area contributed by atoms with Gasteiger partial charge in [0, 0.05) is 12.8 Å². The van der Waals surface area contributed by atoms with E-state index in [1.165, 1.54) is 0 Å². The number of hydrogen-bond donors (Lipinski definition) is 0. The van der Waals surface area contributed by atoms with E-state index < -0.39 is 0 Å². The molecule has 1 aromatic rings. The molecule has 1 aromatic carbocycles. The molecule has 0 atom stereocenters. The molecule has 2 nitrogen and oxygen atoms in total. The minimum Gasteiger partial charge on any atom is -0.492 e. The number of carbonyl (C=O) groups is 1. The molecule has 0 unspecified atom stereocenters. The van der Waals surface area contributed by atoms with Gasteiger partial charge in [0.1, 0.15) is 12.4 Å². The van der Waals surface area contributed by atoms with Crippen molar-refractivity contribution in [1.82, 2.24) is 0 Å². The topological polar surface area (TPSA) is 26.3 Å². The summed E-state index contributed by atoms with van der Waals surface area (Å²) in [6, 6.07) is 9.96. The number of allylic oxidation sites excluding steroid dienone is 2. The molecule has 0 bridgehead atoms. The second kappa shape index (κ2) is 5.30. The van der Waals surface area contributed by atoms with Crippen molar-refractivity contribution in [3.05, 3.63) is 46.1 Å². The Morgan fingerprint density at radius 2 is 1.94 bits per heavy atom. The summed E-state index contributed by atoms with van der Waals surface area (Å²) >= 11 is 3.30. The van der Waals surface area contributed by atoms with Crippen molar-refractivity contribution in [3.63, 3.8) is 0 Å². The molecule has 3 heteroatoms. The second-order valence-corrected chi connectivity index (χ2v) is 4.58. The maximum Gasteiger partial charge on any atom is 0.173 e. The molecule has 1 aliphatic rings. The van der Waals surface area contributed by atoms with Crippen LogP contribution in [-0.2, 0) is 16.1 Å². The van der Waals surface area contributed by atoms with E-state index in [4.69, 9.17) is 4.74 Å². The van der Waals surface area contributed by atoms with E-state index in [1.807, 2.05) is 30.3 Å². The number of halogens is 1. The van der Waals surface area contributed by atoms with Gasteiger partial charge in [0.25, 0.3) is 0 Å². The Bertz CT molecular complexity index is 409. The Morgan fingerprint density at radius 3 is 2.69 bits per heavy atom. The van der Waals surface area contributed by atoms with Crippen LogP contribution in [0.15, 0.2) is 40.6 Å². The van der Waals surface area contributed by atoms with Crippen LogP contribution in [0.4, 0.5) is 0 Å². The van der Waals surface area contributed by atoms with Gasteiger partial charge in [-0.3, -0.25) is 4.79 Å². The first-order valence-corrected chi connectivity index (χ1v) is 6.15. The van der Waals surface area contributed by atoms with E-state index in [0.29, 0.717) is 17.5 Å². The average Bonchev–Trinajstić information content (AvgIpc) is 2.32. The van der Waals surface area contributed by atoms with Gasteiger partial charge in [0.15, 0.2) is 5.78 Å². The molecule has 0 aromatic heterocycles. The van der Waals surface area contributed by atoms with Crippen molar-refractivity contribution in [2.24, 2.45) is 0 Å². The van der Waals surface area contributed by atoms with Gasteiger partial charge in [-0.15, -0.1) is 0 Å². The van der Waals surface area contributed by atoms with Gasteiger partial charge < -0.3 is 4.74 Å². The molecule has 0 N–H and O–H groups in total. The molecule has 0 amide bonds. The van der Waals surface area contributed by atoms with Crippen molar-refractivity contribution in [2.75, 3.05) is 0 Å². The number of carbonyl (C=O) groups excluding carboxylic acids is 1. The highest BCUT2D eigenvalue weighted by Gasteiger charge is 2.19. The molecular weight excluding hydrogens is 268 g/mol. The van der Waals surface area contributed by atoms with E-state index in [9.17, 15) is 4.79 Å². The minimum atomic E-state index is 0.148. The lowest BCUT2D eigenvalue weighted by molar-refractivity contribution is -0.115. The van der Waals surface area contributed by atoms with E-state index >= 15 is 0 Å². The van der Waals surface area contributed by atoms with E-state index in [2.05, 4.69) is 15.9 Å². The molecule has 84 valence electrons. The Labute approximate surface area is 103 Å². The molecule has 0 saturated carbocycles. The first-order valence-electron chi connectivity index (χ1n) is 5.36. The highest BCUT2D eigenvalue weighted by atomic mass is 79.9. The summed E-state index contributed by atoms with van der Waals surface area (Å²) in [4.78, 5) is 11.4. The summed E-state index contributed by atoms with van der Waals surface area (Å²) in [5.74, 6) is 0.939. The number of ether oxygens (including phenoxy) is 1. The predicted octanol–water partition coefficient (Wildman–Crippen LogP) is 3.56. The zero-order valence-corrected chi connectivity index (χ0v) is 10.5. The number of benzene rings is 1. The monoisotopic (exact) mass is 280 g/mol. The van der Waals surface area contributed by atoms with Gasteiger partial charge in [0.05, 0.1) is 4.48 Å². The van der Waals surface area contributed by atoms with Crippen LogP contribution in [0, 0.1) is 0 Å². The van der Waals surface area contributed by atoms with E-state index in [-0.39, 0.29) is 5.78 Å². The predicted molar refractivity (Wildman–Crippen MR) is 66.0 cm³/mol. The molecule has 0 radical (unpaired) electrons. The Hall–Kier alpha value is -1.09. The van der Waals surface area contributed by atoms with Gasteiger partial charge in [-0.1, -0.05) is 30.3 Å². The zero-order valence-electron chi connectivity index (χ0n) is 8.91. The van der Waals surface area contributed by atoms with Crippen molar-refractivity contribution in [3.8, 4) is 0 Å². The third-order valence-corrected chi connectivity index (χ3v) is 3.44. The van der Waals surface area contributed by atoms with Gasteiger partial charge in [-0.05, 0) is 27.9 Å². The number of hydrogen-bond acceptors (Lipinski definition) is 2. The fraction of sp³-hybridized carbons (Fsp3) is 0.308. The van der Waals surface area contributed by atoms with Gasteiger partial charge >= 0.3 is 0 Å². The summed E-state index contributed by atoms with van der Waals surface area (Å²) in [6.07, 6.45) is 2.36. The van der Waals surface area contributed by atoms with Crippen molar-refractivity contribution < 1.29 is 9.53 Å². The fourth-order valence-electron chi connectivity index (χ4n) is 1.66. The third kappa shape index (κ3) is 2.73. The lowest BCUT2D eigenvalue weighted by Gasteiger charge is -2.16. The molecule has 0 fully saturated rings. The number of Topliss-reactive ketones (excluding diaryl/α,β-unsaturated/α-hetero) is 1. The highest BCUT2D eigenvalue weighted by Crippen LogP contribution is 2.27. The van der Waals surface area contributed by atoms with Crippen LogP contribution in [-0.4, -0.2) is 5.78 Å². The van der Waals surface area contributed by atoms with Gasteiger partial charge in [-0.2, -0.15) is 0 Å². The van der Waals surface area contributed by atoms with Crippen LogP contribution in [0.2, 0.25) is 0 Å². The Balaban J connectivity index is 2.00. The van der Waals surface area contributed by atoms with E-state index in [0.717, 1.165) is 24.2 Å². The summed E-state index contributed by atoms with van der Waals surface area (Å²) in [5.41, 5.74) is 1.12. The molecule has 0 heterocycles. The molecule has 1 aliphatic carbocycles. The maximum absolute atomic E-state index is 11.4. The Morgan fingerprint density at radius 1 is 1.19 bits per heavy atom. The summed E-state index contributed by atoms with van der Waals surface area (Å²) in [6.45, 7) is 0.526. The maximum atomic E-state index is 11.4. The molecule has 2 rings (SSSR count). The first-order chi connectivity index (χ1) is 7.77. The second-order valence-electron chi connectivity index (χ2n) is 3.79. The fourth-order valence-corrected chi connectivity index (χ4v) is 2.18. The molecule has 0 saturated heterocycles. The van der Waals surface area contributed by atoms with Gasteiger partial charge in [-0.25, -0.2) is 0 Å². The van der Waals surface area contributed by atoms with Gasteiger partial charge in [0.2, 0.25) is 0 Å². The number of rotatable bonds is 3. The largest absolute Gasteiger partial charge is 0.492 e. The molecule has 16 heavy (non-hydrogen) atoms. The average molecular weight is 281 g/mol. The molecule has 0 spiro atoms. The Kier molecular flexibility index (Phi) is 3.78. The van der Waals surface area contributed by atoms with Crippen molar-refractivity contribution in [2.45, 2.75) is 25.9 Å². The van der Waals surface area contributed by atoms with Crippen molar-refractivity contribution >= 4 is 21.7 Å². The highest BCUT2D eigenvalue weighted by molar-refractivity contribution is 9.12. The smallest absolute Gasteiger partial charge is 0.173 e. The zero-order chi connectivity index (χ0) is 11.4. The quantitative estimate of drug-likeness (QED) is 0.846. The standard InChI is InChI=1S/C13H13BrO2/c14-13-11(15)7-4-8-12(13)16-9-10-5-2-1-3-6-10/h1-3,5-6H,4,7-9H2. The normalized spacial score (nSPS) is 16.4. The first kappa shape index (κ1) is 11.4. The van der Waals surface area contributed by atoms with Crippen LogP contribution in [0.5, 0.6) is 0 Å². The van der Waals surface area contributed by atoms with Crippen molar-refractivity contribution in [1.29, 1.82) is 0 Å². The van der Waals surface area contributed by atoms with E-state index in [1.54, 1.807) is 0 Å².